The molecule has 2 saturated heterocycles. The molecule has 0 unspecified atom stereocenters. The van der Waals surface area contributed by atoms with Crippen molar-refractivity contribution in [1.29, 1.82) is 0 Å². The summed E-state index contributed by atoms with van der Waals surface area (Å²) in [4.78, 5) is 27.1. The molecule has 1 aromatic carbocycles. The van der Waals surface area contributed by atoms with Crippen LogP contribution >= 0.6 is 11.8 Å². The minimum atomic E-state index is 0.0902. The quantitative estimate of drug-likeness (QED) is 0.852. The Kier molecular flexibility index (Phi) is 3.93. The fourth-order valence-corrected chi connectivity index (χ4v) is 3.87. The predicted molar refractivity (Wildman–Crippen MR) is 83.4 cm³/mol. The van der Waals surface area contributed by atoms with Crippen LogP contribution in [0.3, 0.4) is 0 Å². The number of hydrogen-bond donors (Lipinski definition) is 1. The number of amides is 2. The highest BCUT2D eigenvalue weighted by Gasteiger charge is 2.41. The van der Waals surface area contributed by atoms with Crippen LogP contribution in [0.5, 0.6) is 0 Å². The lowest BCUT2D eigenvalue weighted by molar-refractivity contribution is -0.119. The first kappa shape index (κ1) is 14.4. The van der Waals surface area contributed by atoms with Crippen LogP contribution in [-0.4, -0.2) is 42.6 Å². The van der Waals surface area contributed by atoms with Gasteiger partial charge in [0.2, 0.25) is 5.91 Å². The zero-order valence-corrected chi connectivity index (χ0v) is 13.0. The van der Waals surface area contributed by atoms with Gasteiger partial charge in [0.1, 0.15) is 0 Å². The van der Waals surface area contributed by atoms with Gasteiger partial charge < -0.3 is 10.2 Å². The molecule has 5 heteroatoms. The number of carbonyl (C=O) groups is 2. The first-order valence-corrected chi connectivity index (χ1v) is 8.55. The summed E-state index contributed by atoms with van der Waals surface area (Å²) in [5.41, 5.74) is 0.883. The van der Waals surface area contributed by atoms with Crippen LogP contribution in [0.25, 0.3) is 0 Å². The van der Waals surface area contributed by atoms with E-state index in [-0.39, 0.29) is 17.2 Å². The number of benzene rings is 1. The van der Waals surface area contributed by atoms with Crippen LogP contribution in [0.1, 0.15) is 29.6 Å². The van der Waals surface area contributed by atoms with E-state index in [2.05, 4.69) is 5.32 Å². The molecule has 0 atom stereocenters. The van der Waals surface area contributed by atoms with Crippen molar-refractivity contribution in [3.8, 4) is 0 Å². The molecule has 0 aromatic heterocycles. The van der Waals surface area contributed by atoms with E-state index in [1.807, 2.05) is 35.4 Å². The van der Waals surface area contributed by atoms with Gasteiger partial charge in [-0.05, 0) is 36.6 Å². The third-order valence-electron chi connectivity index (χ3n) is 4.64. The second kappa shape index (κ2) is 5.72. The number of hydrogen-bond acceptors (Lipinski definition) is 3. The third kappa shape index (κ3) is 2.79. The summed E-state index contributed by atoms with van der Waals surface area (Å²) in [6.45, 7) is 2.27. The van der Waals surface area contributed by atoms with Crippen LogP contribution in [0.4, 0.5) is 0 Å². The fraction of sp³-hybridized carbons (Fsp3) is 0.500. The van der Waals surface area contributed by atoms with Crippen molar-refractivity contribution in [2.75, 3.05) is 25.9 Å². The highest BCUT2D eigenvalue weighted by atomic mass is 32.2. The molecule has 2 aliphatic heterocycles. The summed E-state index contributed by atoms with van der Waals surface area (Å²) < 4.78 is 0. The molecule has 1 N–H and O–H groups in total. The molecule has 2 fully saturated rings. The Hall–Kier alpha value is -1.49. The zero-order valence-electron chi connectivity index (χ0n) is 12.2. The molecular weight excluding hydrogens is 284 g/mol. The van der Waals surface area contributed by atoms with Crippen molar-refractivity contribution >= 4 is 23.6 Å². The Bertz CT molecular complexity index is 565. The molecule has 0 saturated carbocycles. The number of thioether (sulfide) groups is 1. The molecule has 0 bridgehead atoms. The van der Waals surface area contributed by atoms with Crippen LogP contribution in [-0.2, 0) is 4.79 Å². The van der Waals surface area contributed by atoms with E-state index >= 15 is 0 Å². The maximum Gasteiger partial charge on any atom is 0.254 e. The summed E-state index contributed by atoms with van der Waals surface area (Å²) in [5.74, 6) is 0.273. The van der Waals surface area contributed by atoms with Gasteiger partial charge in [-0.15, -0.1) is 11.8 Å². The molecule has 0 radical (unpaired) electrons. The van der Waals surface area contributed by atoms with Gasteiger partial charge in [0.15, 0.2) is 0 Å². The Labute approximate surface area is 129 Å². The average molecular weight is 304 g/mol. The number of nitrogens with one attached hydrogen (secondary N) is 1. The molecule has 0 aliphatic carbocycles. The number of rotatable bonds is 2. The molecule has 2 aliphatic rings. The Morgan fingerprint density at radius 3 is 2.62 bits per heavy atom. The van der Waals surface area contributed by atoms with Crippen LogP contribution < -0.4 is 5.32 Å². The third-order valence-corrected chi connectivity index (χ3v) is 5.44. The van der Waals surface area contributed by atoms with E-state index in [0.29, 0.717) is 6.42 Å². The lowest BCUT2D eigenvalue weighted by Gasteiger charge is -2.38. The molecule has 3 rings (SSSR count). The highest BCUT2D eigenvalue weighted by Crippen LogP contribution is 2.38. The average Bonchev–Trinajstić information content (AvgIpc) is 2.88. The van der Waals surface area contributed by atoms with E-state index in [4.69, 9.17) is 0 Å². The summed E-state index contributed by atoms with van der Waals surface area (Å²) in [5, 5.41) is 2.93. The first-order chi connectivity index (χ1) is 10.1. The monoisotopic (exact) mass is 304 g/mol. The minimum absolute atomic E-state index is 0.0902. The standard InChI is InChI=1S/C16H20N2O2S/c1-21-13-5-3-2-4-12(13)15(20)18-8-6-16(7-9-18)10-14(19)17-11-16/h2-5H,6-11H2,1H3,(H,17,19). The van der Waals surface area contributed by atoms with Crippen molar-refractivity contribution in [2.24, 2.45) is 5.41 Å². The molecule has 2 amide bonds. The largest absolute Gasteiger partial charge is 0.356 e. The van der Waals surface area contributed by atoms with Gasteiger partial charge in [0, 0.05) is 31.0 Å². The summed E-state index contributed by atoms with van der Waals surface area (Å²) >= 11 is 1.60. The lowest BCUT2D eigenvalue weighted by atomic mass is 9.77. The second-order valence-electron chi connectivity index (χ2n) is 5.95. The Balaban J connectivity index is 1.69. The van der Waals surface area contributed by atoms with E-state index in [9.17, 15) is 9.59 Å². The molecule has 112 valence electrons. The smallest absolute Gasteiger partial charge is 0.254 e. The van der Waals surface area contributed by atoms with Crippen molar-refractivity contribution in [3.63, 3.8) is 0 Å². The SMILES string of the molecule is CSc1ccccc1C(=O)N1CCC2(CC1)CNC(=O)C2. The van der Waals surface area contributed by atoms with Gasteiger partial charge in [-0.3, -0.25) is 9.59 Å². The Morgan fingerprint density at radius 2 is 2.00 bits per heavy atom. The maximum absolute atomic E-state index is 12.7. The number of nitrogens with zero attached hydrogens (tertiary/aromatic N) is 1. The minimum Gasteiger partial charge on any atom is -0.356 e. The van der Waals surface area contributed by atoms with E-state index in [1.54, 1.807) is 11.8 Å². The van der Waals surface area contributed by atoms with Crippen LogP contribution in [0.15, 0.2) is 29.2 Å². The van der Waals surface area contributed by atoms with E-state index in [1.165, 1.54) is 0 Å². The van der Waals surface area contributed by atoms with Gasteiger partial charge in [-0.25, -0.2) is 0 Å². The van der Waals surface area contributed by atoms with Gasteiger partial charge in [-0.2, -0.15) is 0 Å². The number of piperidine rings is 1. The van der Waals surface area contributed by atoms with Gasteiger partial charge in [0.25, 0.3) is 5.91 Å². The maximum atomic E-state index is 12.7. The number of carbonyl (C=O) groups excluding carboxylic acids is 2. The summed E-state index contributed by atoms with van der Waals surface area (Å²) in [7, 11) is 0. The first-order valence-electron chi connectivity index (χ1n) is 7.33. The molecule has 21 heavy (non-hydrogen) atoms. The van der Waals surface area contributed by atoms with Crippen LogP contribution in [0.2, 0.25) is 0 Å². The summed E-state index contributed by atoms with van der Waals surface area (Å²) in [6.07, 6.45) is 4.45. The van der Waals surface area contributed by atoms with E-state index in [0.717, 1.165) is 42.9 Å². The molecule has 1 spiro atoms. The highest BCUT2D eigenvalue weighted by molar-refractivity contribution is 7.98. The van der Waals surface area contributed by atoms with Crippen molar-refractivity contribution in [2.45, 2.75) is 24.2 Å². The molecule has 2 heterocycles. The van der Waals surface area contributed by atoms with Crippen molar-refractivity contribution in [1.82, 2.24) is 10.2 Å². The Morgan fingerprint density at radius 1 is 1.29 bits per heavy atom. The molecule has 1 aromatic rings. The van der Waals surface area contributed by atoms with Gasteiger partial charge >= 0.3 is 0 Å². The normalized spacial score (nSPS) is 20.6. The summed E-state index contributed by atoms with van der Waals surface area (Å²) in [6, 6.07) is 7.77. The van der Waals surface area contributed by atoms with Crippen molar-refractivity contribution in [3.05, 3.63) is 29.8 Å². The molecule has 4 nitrogen and oxygen atoms in total. The zero-order chi connectivity index (χ0) is 14.9. The fourth-order valence-electron chi connectivity index (χ4n) is 3.28. The topological polar surface area (TPSA) is 49.4 Å². The second-order valence-corrected chi connectivity index (χ2v) is 6.79. The lowest BCUT2D eigenvalue weighted by Crippen LogP contribution is -2.44. The molecular formula is C16H20N2O2S. The van der Waals surface area contributed by atoms with Crippen molar-refractivity contribution < 1.29 is 9.59 Å². The van der Waals surface area contributed by atoms with Gasteiger partial charge in [0.05, 0.1) is 5.56 Å². The van der Waals surface area contributed by atoms with E-state index < -0.39 is 0 Å². The number of likely N-dealkylation sites (tertiary alicyclic amines) is 1. The predicted octanol–water partition coefficient (Wildman–Crippen LogP) is 2.15. The van der Waals surface area contributed by atoms with Crippen LogP contribution in [0, 0.1) is 5.41 Å². The van der Waals surface area contributed by atoms with Gasteiger partial charge in [-0.1, -0.05) is 12.1 Å².